The molecule has 2 nitrogen and oxygen atoms in total. The number of ether oxygens (including phenoxy) is 1. The molecule has 0 spiro atoms. The van der Waals surface area contributed by atoms with E-state index in [0.717, 1.165) is 18.8 Å². The molecule has 1 aliphatic carbocycles. The first kappa shape index (κ1) is 34.1. The summed E-state index contributed by atoms with van der Waals surface area (Å²) >= 11 is 0. The Bertz CT molecular complexity index is 817. The summed E-state index contributed by atoms with van der Waals surface area (Å²) in [5.41, 5.74) is 3.68. The van der Waals surface area contributed by atoms with Crippen molar-refractivity contribution in [2.75, 3.05) is 13.2 Å². The Kier molecular flexibility index (Phi) is 16.9. The van der Waals surface area contributed by atoms with Gasteiger partial charge in [0.05, 0.1) is 5.41 Å². The third kappa shape index (κ3) is 10.5. The monoisotopic (exact) mass is 741 g/mol. The molecule has 4 rings (SSSR count). The van der Waals surface area contributed by atoms with E-state index < -0.39 is 0 Å². The Balaban J connectivity index is 0.000000846. The fraction of sp³-hybridized carbons (Fsp3) is 0.588. The van der Waals surface area contributed by atoms with E-state index in [9.17, 15) is 4.79 Å². The molecule has 0 radical (unpaired) electrons. The molecule has 37 heavy (non-hydrogen) atoms. The molecule has 1 saturated heterocycles. The summed E-state index contributed by atoms with van der Waals surface area (Å²) in [7, 11) is 0. The second-order valence-corrected chi connectivity index (χ2v) is 10.3. The van der Waals surface area contributed by atoms with Gasteiger partial charge in [-0.25, -0.2) is 0 Å². The van der Waals surface area contributed by atoms with E-state index in [1.807, 2.05) is 26.0 Å². The van der Waals surface area contributed by atoms with Crippen LogP contribution in [-0.4, -0.2) is 19.0 Å². The van der Waals surface area contributed by atoms with Crippen molar-refractivity contribution in [2.24, 2.45) is 5.92 Å². The number of aryl methyl sites for hydroxylation is 1. The summed E-state index contributed by atoms with van der Waals surface area (Å²) in [5, 5.41) is 0. The molecular weight excluding hydrogens is 691 g/mol. The first-order valence-electron chi connectivity index (χ1n) is 14.2. The molecule has 212 valence electrons. The number of benzene rings is 2. The molecular formula is C34H52CfO2-2. The molecule has 2 aliphatic rings. The molecule has 3 heteroatoms. The van der Waals surface area contributed by atoms with Gasteiger partial charge in [-0.15, -0.1) is 0 Å². The maximum atomic E-state index is 12.3. The predicted molar refractivity (Wildman–Crippen MR) is 155 cm³/mol. The molecule has 2 aromatic rings. The third-order valence-electron chi connectivity index (χ3n) is 7.74. The van der Waals surface area contributed by atoms with Crippen LogP contribution in [0.15, 0.2) is 48.5 Å². The van der Waals surface area contributed by atoms with E-state index in [1.54, 1.807) is 6.92 Å². The minimum absolute atomic E-state index is 0. The van der Waals surface area contributed by atoms with Crippen LogP contribution in [0.2, 0.25) is 0 Å². The Morgan fingerprint density at radius 2 is 1.54 bits per heavy atom. The van der Waals surface area contributed by atoms with Gasteiger partial charge < -0.3 is 12.2 Å². The van der Waals surface area contributed by atoms with E-state index in [4.69, 9.17) is 4.74 Å². The van der Waals surface area contributed by atoms with Gasteiger partial charge in [0.15, 0.2) is 0 Å². The zero-order valence-corrected chi connectivity index (χ0v) is 27.0. The second kappa shape index (κ2) is 18.3. The van der Waals surface area contributed by atoms with Crippen molar-refractivity contribution in [1.82, 2.24) is 0 Å². The van der Waals surface area contributed by atoms with Gasteiger partial charge >= 0.3 is 0 Å². The van der Waals surface area contributed by atoms with Gasteiger partial charge in [-0.05, 0) is 55.6 Å². The van der Waals surface area contributed by atoms with Gasteiger partial charge in [-0.3, -0.25) is 4.79 Å². The number of Topliss-reactive ketones (excluding diaryl/α,β-unsaturated/α-hetero) is 1. The van der Waals surface area contributed by atoms with Crippen LogP contribution >= 0.6 is 0 Å². The van der Waals surface area contributed by atoms with Crippen LogP contribution in [0, 0.1) is 19.4 Å². The first-order chi connectivity index (χ1) is 17.0. The zero-order chi connectivity index (χ0) is 25.5. The van der Waals surface area contributed by atoms with Gasteiger partial charge in [0.25, 0.3) is 0 Å². The maximum Gasteiger partial charge on any atom is 0.140 e. The molecule has 0 amide bonds. The number of hydrogen-bond donors (Lipinski definition) is 0. The van der Waals surface area contributed by atoms with Crippen molar-refractivity contribution in [2.45, 2.75) is 110 Å². The van der Waals surface area contributed by atoms with Crippen LogP contribution in [-0.2, 0) is 21.4 Å². The topological polar surface area (TPSA) is 26.3 Å². The molecule has 0 N–H and O–H groups in total. The standard InChI is InChI=1S/C22H32O2.C9H11.C2H6.CH3.Cf/c1-18(23)22(14-16-24-17-15-22)21-12-10-20(11-13-21)9-5-8-19-6-3-2-4-7-19;1-8(2)9-6-4-3-5-7-9;1-2;;/h10-13,19H,2-9,14-17H2,1H3;4-8H,1-2H3;1-2H3;1H3;/q;-1;;-1;. The largest absolute Gasteiger partial charge is 0.381 e. The maximum absolute atomic E-state index is 12.3. The van der Waals surface area contributed by atoms with E-state index in [1.165, 1.54) is 68.1 Å². The predicted octanol–water partition coefficient (Wildman–Crippen LogP) is 9.31. The summed E-state index contributed by atoms with van der Waals surface area (Å²) in [4.78, 5) is 12.3. The average molecular weight is 744 g/mol. The molecule has 0 atom stereocenters. The average Bonchev–Trinajstić information content (AvgIpc) is 2.92. The van der Waals surface area contributed by atoms with Crippen LogP contribution in [0.1, 0.15) is 115 Å². The molecule has 0 aromatic heterocycles. The third-order valence-corrected chi connectivity index (χ3v) is 7.74. The molecule has 0 bridgehead atoms. The van der Waals surface area contributed by atoms with Crippen LogP contribution in [0.25, 0.3) is 0 Å². The molecule has 1 aliphatic heterocycles. The van der Waals surface area contributed by atoms with Gasteiger partial charge in [0.2, 0.25) is 0 Å². The van der Waals surface area contributed by atoms with E-state index in [2.05, 4.69) is 56.3 Å². The van der Waals surface area contributed by atoms with E-state index >= 15 is 0 Å². The number of ketones is 1. The smallest absolute Gasteiger partial charge is 0.140 e. The quantitative estimate of drug-likeness (QED) is 0.265. The van der Waals surface area contributed by atoms with Crippen LogP contribution in [0.4, 0.5) is 0 Å². The fourth-order valence-corrected chi connectivity index (χ4v) is 5.41. The number of hydrogen-bond acceptors (Lipinski definition) is 2. The number of rotatable bonds is 7. The van der Waals surface area contributed by atoms with Gasteiger partial charge in [-0.2, -0.15) is 35.9 Å². The van der Waals surface area contributed by atoms with Crippen LogP contribution in [0.3, 0.4) is 0 Å². The molecule has 2 fully saturated rings. The summed E-state index contributed by atoms with van der Waals surface area (Å²) in [6, 6.07) is 20.0. The van der Waals surface area contributed by atoms with Gasteiger partial charge in [-0.1, -0.05) is 90.5 Å². The zero-order valence-electron chi connectivity index (χ0n) is 24.4. The Labute approximate surface area is 223 Å². The van der Waals surface area contributed by atoms with Gasteiger partial charge in [0, 0.05) is 13.2 Å². The van der Waals surface area contributed by atoms with Crippen molar-refractivity contribution in [3.63, 3.8) is 0 Å². The molecule has 1 heterocycles. The van der Waals surface area contributed by atoms with E-state index in [-0.39, 0.29) is 18.6 Å². The number of carbonyl (C=O) groups excluding carboxylic acids is 1. The van der Waals surface area contributed by atoms with Gasteiger partial charge in [0.1, 0.15) is 5.78 Å². The molecule has 2 aromatic carbocycles. The Morgan fingerprint density at radius 3 is 2.03 bits per heavy atom. The number of carbonyl (C=O) groups is 1. The summed E-state index contributed by atoms with van der Waals surface area (Å²) in [5.74, 6) is 1.90. The molecule has 1 saturated carbocycles. The van der Waals surface area contributed by atoms with Crippen molar-refractivity contribution >= 4 is 5.78 Å². The van der Waals surface area contributed by atoms with Crippen molar-refractivity contribution in [3.05, 3.63) is 78.7 Å². The van der Waals surface area contributed by atoms with Crippen LogP contribution < -0.4 is 0 Å². The molecule has 0 unspecified atom stereocenters. The summed E-state index contributed by atoms with van der Waals surface area (Å²) in [6.45, 7) is 11.5. The van der Waals surface area contributed by atoms with Crippen molar-refractivity contribution in [1.29, 1.82) is 0 Å². The van der Waals surface area contributed by atoms with Crippen LogP contribution in [0.5, 0.6) is 0 Å². The fourth-order valence-electron chi connectivity index (χ4n) is 5.41. The Hall–Kier alpha value is -2.93. The minimum atomic E-state index is -0.307. The first-order valence-corrected chi connectivity index (χ1v) is 14.2. The van der Waals surface area contributed by atoms with E-state index in [0.29, 0.717) is 19.1 Å². The normalized spacial score (nSPS) is 16.6. The summed E-state index contributed by atoms with van der Waals surface area (Å²) in [6.07, 6.45) is 12.7. The SMILES string of the molecule is CC.CC(=O)C1(c2ccc(CCCC3CCCCC3)cc2)CCOCC1.CC(C)c1cc[c-]cc1.[CH3-].[Cf]. The minimum Gasteiger partial charge on any atom is -0.381 e. The Morgan fingerprint density at radius 1 is 0.973 bits per heavy atom. The second-order valence-electron chi connectivity index (χ2n) is 10.3. The summed E-state index contributed by atoms with van der Waals surface area (Å²) < 4.78 is 5.48. The van der Waals surface area contributed by atoms with Crippen molar-refractivity contribution in [3.8, 4) is 0 Å². The van der Waals surface area contributed by atoms with Crippen molar-refractivity contribution < 1.29 is 9.53 Å².